The van der Waals surface area contributed by atoms with Gasteiger partial charge in [-0.2, -0.15) is 0 Å². The van der Waals surface area contributed by atoms with Crippen LogP contribution in [-0.4, -0.2) is 48.2 Å². The Morgan fingerprint density at radius 3 is 2.64 bits per heavy atom. The molecule has 0 unspecified atom stereocenters. The van der Waals surface area contributed by atoms with Crippen LogP contribution in [0.15, 0.2) is 47.1 Å². The number of aliphatic hydroxyl groups is 1. The number of rotatable bonds is 8. The Morgan fingerprint density at radius 1 is 1.11 bits per heavy atom. The first-order chi connectivity index (χ1) is 21.5. The first-order valence-electron chi connectivity index (χ1n) is 17.6. The highest BCUT2D eigenvalue weighted by Gasteiger charge is 2.63. The number of carbonyl (C=O) groups is 1. The van der Waals surface area contributed by atoms with Gasteiger partial charge in [0.05, 0.1) is 11.8 Å². The predicted octanol–water partition coefficient (Wildman–Crippen LogP) is 6.97. The van der Waals surface area contributed by atoms with Gasteiger partial charge in [-0.3, -0.25) is 4.79 Å². The minimum absolute atomic E-state index is 0.00000715. The third-order valence-electron chi connectivity index (χ3n) is 13.3. The second-order valence-corrected chi connectivity index (χ2v) is 15.7. The van der Waals surface area contributed by atoms with E-state index in [1.807, 2.05) is 0 Å². The van der Waals surface area contributed by atoms with Crippen LogP contribution in [0.1, 0.15) is 104 Å². The normalized spacial score (nSPS) is 40.1. The van der Waals surface area contributed by atoms with Crippen LogP contribution in [0.5, 0.6) is 0 Å². The van der Waals surface area contributed by atoms with E-state index in [1.165, 1.54) is 11.1 Å². The number of benzene rings is 1. The van der Waals surface area contributed by atoms with E-state index in [-0.39, 0.29) is 34.9 Å². The van der Waals surface area contributed by atoms with E-state index < -0.39 is 5.60 Å². The fourth-order valence-electron chi connectivity index (χ4n) is 10.4. The molecule has 244 valence electrons. The van der Waals surface area contributed by atoms with Crippen molar-refractivity contribution in [3.63, 3.8) is 0 Å². The Labute approximate surface area is 270 Å². The van der Waals surface area contributed by atoms with Crippen LogP contribution in [0.2, 0.25) is 0 Å². The summed E-state index contributed by atoms with van der Waals surface area (Å²) in [6.45, 7) is 10.4. The van der Waals surface area contributed by atoms with Gasteiger partial charge in [-0.25, -0.2) is 0 Å². The molecule has 1 heterocycles. The summed E-state index contributed by atoms with van der Waals surface area (Å²) >= 11 is 0. The summed E-state index contributed by atoms with van der Waals surface area (Å²) in [5, 5.41) is 18.8. The zero-order valence-corrected chi connectivity index (χ0v) is 27.9. The van der Waals surface area contributed by atoms with E-state index >= 15 is 0 Å². The molecule has 6 rings (SSSR count). The lowest BCUT2D eigenvalue weighted by atomic mass is 9.46. The molecule has 45 heavy (non-hydrogen) atoms. The Hall–Kier alpha value is -2.62. The summed E-state index contributed by atoms with van der Waals surface area (Å²) in [5.41, 5.74) is 2.80. The number of hydrogen-bond acceptors (Lipinski definition) is 5. The molecule has 1 aromatic rings. The fourth-order valence-corrected chi connectivity index (χ4v) is 10.4. The summed E-state index contributed by atoms with van der Waals surface area (Å²) in [7, 11) is 0. The SMILES string of the molecule is C#C[C@]1(O)CC[C@@H]2[C@@H]3CCC4=CC(=NOCC(=O)NCC[C@]5(c6ccccc6)CCO[C@@H](C(C)C)C5)CC[C@]4(C)[C@@H]3CC[C@@]21C. The summed E-state index contributed by atoms with van der Waals surface area (Å²) in [4.78, 5) is 18.4. The molecule has 1 amide bonds. The largest absolute Gasteiger partial charge is 0.385 e. The Bertz CT molecular complexity index is 1350. The number of ether oxygens (including phenoxy) is 1. The number of nitrogens with zero attached hydrogens (tertiary/aromatic N) is 1. The zero-order valence-electron chi connectivity index (χ0n) is 27.9. The lowest BCUT2D eigenvalue weighted by molar-refractivity contribution is -0.125. The van der Waals surface area contributed by atoms with Crippen molar-refractivity contribution in [1.82, 2.24) is 5.32 Å². The van der Waals surface area contributed by atoms with Gasteiger partial charge in [0.2, 0.25) is 0 Å². The standard InChI is InChI=1S/C39H54N2O4/c1-6-39(43)19-16-33-31-13-12-29-24-30(14-17-36(29,4)32(31)15-18-37(33,39)5)41-45-26-35(42)40-22-20-38(28-10-8-7-9-11-28)21-23-44-34(25-38)27(2)3/h1,7-11,24,27,31-34,43H,12-23,25-26H2,2-5H3,(H,40,42)/t31-,32-,33-,34-,36+,37+,38+,39+/m1/s1. The molecule has 0 aromatic heterocycles. The van der Waals surface area contributed by atoms with Crippen molar-refractivity contribution in [3.05, 3.63) is 47.5 Å². The fraction of sp³-hybridized carbons (Fsp3) is 0.692. The number of hydrogen-bond donors (Lipinski definition) is 2. The molecule has 1 aliphatic heterocycles. The number of amides is 1. The summed E-state index contributed by atoms with van der Waals surface area (Å²) < 4.78 is 6.11. The molecule has 4 aliphatic carbocycles. The average Bonchev–Trinajstić information content (AvgIpc) is 3.32. The highest BCUT2D eigenvalue weighted by molar-refractivity contribution is 5.96. The summed E-state index contributed by atoms with van der Waals surface area (Å²) in [5.74, 6) is 4.86. The number of terminal acetylenes is 1. The Balaban J connectivity index is 1.03. The lowest BCUT2D eigenvalue weighted by Crippen LogP contribution is -2.54. The molecule has 0 radical (unpaired) electrons. The smallest absolute Gasteiger partial charge is 0.260 e. The number of oxime groups is 1. The highest BCUT2D eigenvalue weighted by Crippen LogP contribution is 2.67. The third kappa shape index (κ3) is 5.78. The van der Waals surface area contributed by atoms with Crippen LogP contribution >= 0.6 is 0 Å². The Kier molecular flexibility index (Phi) is 9.00. The van der Waals surface area contributed by atoms with E-state index in [0.717, 1.165) is 82.9 Å². The molecular formula is C39H54N2O4. The van der Waals surface area contributed by atoms with E-state index in [2.05, 4.69) is 80.5 Å². The maximum Gasteiger partial charge on any atom is 0.260 e. The molecule has 6 nitrogen and oxygen atoms in total. The predicted molar refractivity (Wildman–Crippen MR) is 178 cm³/mol. The molecule has 5 aliphatic rings. The second kappa shape index (κ2) is 12.5. The summed E-state index contributed by atoms with van der Waals surface area (Å²) in [6, 6.07) is 10.7. The number of nitrogens with one attached hydrogen (secondary N) is 1. The molecule has 8 atom stereocenters. The monoisotopic (exact) mass is 614 g/mol. The van der Waals surface area contributed by atoms with Crippen molar-refractivity contribution in [1.29, 1.82) is 0 Å². The second-order valence-electron chi connectivity index (χ2n) is 15.7. The average molecular weight is 615 g/mol. The number of fused-ring (bicyclic) bond motifs is 5. The van der Waals surface area contributed by atoms with Crippen molar-refractivity contribution in [2.45, 2.75) is 115 Å². The maximum absolute atomic E-state index is 12.8. The van der Waals surface area contributed by atoms with Crippen molar-refractivity contribution >= 4 is 11.6 Å². The van der Waals surface area contributed by atoms with E-state index in [0.29, 0.717) is 30.2 Å². The lowest BCUT2D eigenvalue weighted by Gasteiger charge is -2.58. The number of carbonyl (C=O) groups excluding carboxylic acids is 1. The van der Waals surface area contributed by atoms with E-state index in [9.17, 15) is 9.90 Å². The van der Waals surface area contributed by atoms with Gasteiger partial charge in [0.15, 0.2) is 6.61 Å². The van der Waals surface area contributed by atoms with E-state index in [4.69, 9.17) is 16.0 Å². The van der Waals surface area contributed by atoms with Gasteiger partial charge >= 0.3 is 0 Å². The molecule has 1 aromatic carbocycles. The van der Waals surface area contributed by atoms with Gasteiger partial charge in [0.25, 0.3) is 5.91 Å². The molecule has 0 spiro atoms. The van der Waals surface area contributed by atoms with Crippen molar-refractivity contribution < 1.29 is 19.5 Å². The molecule has 0 bridgehead atoms. The van der Waals surface area contributed by atoms with Crippen LogP contribution in [0, 0.1) is 46.8 Å². The molecule has 3 saturated carbocycles. The van der Waals surface area contributed by atoms with Crippen LogP contribution < -0.4 is 5.32 Å². The van der Waals surface area contributed by atoms with E-state index in [1.54, 1.807) is 0 Å². The van der Waals surface area contributed by atoms with Gasteiger partial charge in [-0.05, 0) is 111 Å². The zero-order chi connectivity index (χ0) is 31.9. The minimum atomic E-state index is -0.958. The summed E-state index contributed by atoms with van der Waals surface area (Å²) in [6.07, 6.45) is 19.2. The van der Waals surface area contributed by atoms with Crippen molar-refractivity contribution in [3.8, 4) is 12.3 Å². The quantitative estimate of drug-likeness (QED) is 0.245. The maximum atomic E-state index is 12.8. The minimum Gasteiger partial charge on any atom is -0.385 e. The number of allylic oxidation sites excluding steroid dienone is 2. The van der Waals surface area contributed by atoms with Crippen LogP contribution in [-0.2, 0) is 19.8 Å². The Morgan fingerprint density at radius 2 is 1.89 bits per heavy atom. The first kappa shape index (κ1) is 32.3. The molecule has 4 fully saturated rings. The van der Waals surface area contributed by atoms with Crippen LogP contribution in [0.4, 0.5) is 0 Å². The molecule has 1 saturated heterocycles. The van der Waals surface area contributed by atoms with Crippen LogP contribution in [0.25, 0.3) is 0 Å². The topological polar surface area (TPSA) is 80.2 Å². The van der Waals surface area contributed by atoms with Gasteiger partial charge in [0.1, 0.15) is 5.60 Å². The van der Waals surface area contributed by atoms with Gasteiger partial charge in [-0.1, -0.05) is 74.7 Å². The van der Waals surface area contributed by atoms with Gasteiger partial charge in [-0.15, -0.1) is 6.42 Å². The van der Waals surface area contributed by atoms with Crippen molar-refractivity contribution in [2.24, 2.45) is 39.7 Å². The van der Waals surface area contributed by atoms with Gasteiger partial charge in [0, 0.05) is 24.0 Å². The van der Waals surface area contributed by atoms with Crippen molar-refractivity contribution in [2.75, 3.05) is 19.8 Å². The molecule has 6 heteroatoms. The van der Waals surface area contributed by atoms with Crippen LogP contribution in [0.3, 0.4) is 0 Å². The first-order valence-corrected chi connectivity index (χ1v) is 17.6. The highest BCUT2D eigenvalue weighted by atomic mass is 16.6. The molecular weight excluding hydrogens is 560 g/mol. The third-order valence-corrected chi connectivity index (χ3v) is 13.3. The molecule has 2 N–H and O–H groups in total. The van der Waals surface area contributed by atoms with Gasteiger partial charge < -0.3 is 20.0 Å².